The third-order valence-electron chi connectivity index (χ3n) is 4.86. The summed E-state index contributed by atoms with van der Waals surface area (Å²) >= 11 is 1.02. The van der Waals surface area contributed by atoms with Gasteiger partial charge in [-0.1, -0.05) is 6.07 Å². The molecular formula is C19H19N5O3S2. The van der Waals surface area contributed by atoms with Gasteiger partial charge in [-0.2, -0.15) is 18.3 Å². The van der Waals surface area contributed by atoms with E-state index in [0.717, 1.165) is 17.5 Å². The van der Waals surface area contributed by atoms with Gasteiger partial charge in [-0.05, 0) is 36.4 Å². The molecule has 0 amide bonds. The summed E-state index contributed by atoms with van der Waals surface area (Å²) in [4.78, 5) is 2.40. The van der Waals surface area contributed by atoms with Gasteiger partial charge in [0.25, 0.3) is 0 Å². The molecule has 29 heavy (non-hydrogen) atoms. The minimum atomic E-state index is -3.60. The second kappa shape index (κ2) is 8.42. The van der Waals surface area contributed by atoms with Crippen molar-refractivity contribution in [3.63, 3.8) is 0 Å². The zero-order chi connectivity index (χ0) is 20.3. The van der Waals surface area contributed by atoms with E-state index >= 15 is 0 Å². The molecule has 0 bridgehead atoms. The highest BCUT2D eigenvalue weighted by atomic mass is 32.2. The van der Waals surface area contributed by atoms with Crippen LogP contribution in [0.25, 0.3) is 11.0 Å². The number of hydrogen-bond donors (Lipinski definition) is 0. The monoisotopic (exact) mass is 429 g/mol. The minimum Gasteiger partial charge on any atom is -0.492 e. The molecule has 1 aromatic heterocycles. The third-order valence-corrected chi connectivity index (χ3v) is 7.33. The molecule has 0 aliphatic carbocycles. The molecule has 2 heterocycles. The van der Waals surface area contributed by atoms with E-state index in [1.165, 1.54) is 4.31 Å². The standard InChI is InChI=1S/C19H19N5O3S2/c20-14-15-4-6-16(7-5-15)27-13-12-23-8-10-24(11-9-23)29(25,26)18-3-1-2-17-19(18)22-28-21-17/h1-7H,8-13H2. The molecule has 1 saturated heterocycles. The Morgan fingerprint density at radius 2 is 1.83 bits per heavy atom. The van der Waals surface area contributed by atoms with Gasteiger partial charge in [0.05, 0.1) is 23.4 Å². The summed E-state index contributed by atoms with van der Waals surface area (Å²) in [7, 11) is -3.60. The molecule has 4 rings (SSSR count). The van der Waals surface area contributed by atoms with Crippen molar-refractivity contribution in [3.8, 4) is 11.8 Å². The van der Waals surface area contributed by atoms with E-state index in [1.54, 1.807) is 42.5 Å². The molecule has 1 aliphatic rings. The first-order valence-corrected chi connectivity index (χ1v) is 11.3. The van der Waals surface area contributed by atoms with E-state index in [9.17, 15) is 8.42 Å². The minimum absolute atomic E-state index is 0.223. The Balaban J connectivity index is 1.32. The van der Waals surface area contributed by atoms with Crippen molar-refractivity contribution in [1.29, 1.82) is 5.26 Å². The highest BCUT2D eigenvalue weighted by Crippen LogP contribution is 2.25. The smallest absolute Gasteiger partial charge is 0.245 e. The van der Waals surface area contributed by atoms with E-state index in [2.05, 4.69) is 19.7 Å². The van der Waals surface area contributed by atoms with Crippen LogP contribution in [0.4, 0.5) is 0 Å². The molecule has 1 aliphatic heterocycles. The number of sulfonamides is 1. The van der Waals surface area contributed by atoms with Gasteiger partial charge in [0, 0.05) is 32.7 Å². The number of nitriles is 1. The Bertz CT molecular complexity index is 1130. The first-order chi connectivity index (χ1) is 14.1. The average molecular weight is 430 g/mol. The average Bonchev–Trinajstić information content (AvgIpc) is 3.23. The van der Waals surface area contributed by atoms with Crippen molar-refractivity contribution >= 4 is 32.8 Å². The van der Waals surface area contributed by atoms with Crippen molar-refractivity contribution in [3.05, 3.63) is 48.0 Å². The zero-order valence-corrected chi connectivity index (χ0v) is 17.2. The molecule has 0 N–H and O–H groups in total. The van der Waals surface area contributed by atoms with Gasteiger partial charge in [0.15, 0.2) is 0 Å². The second-order valence-corrected chi connectivity index (χ2v) is 9.05. The molecule has 0 unspecified atom stereocenters. The maximum atomic E-state index is 13.1. The lowest BCUT2D eigenvalue weighted by Gasteiger charge is -2.33. The van der Waals surface area contributed by atoms with Crippen LogP contribution in [-0.2, 0) is 10.0 Å². The normalized spacial score (nSPS) is 16.0. The highest BCUT2D eigenvalue weighted by Gasteiger charge is 2.30. The number of hydrogen-bond acceptors (Lipinski definition) is 8. The van der Waals surface area contributed by atoms with Crippen molar-refractivity contribution in [2.45, 2.75) is 4.90 Å². The first-order valence-electron chi connectivity index (χ1n) is 9.15. The van der Waals surface area contributed by atoms with Crippen LogP contribution < -0.4 is 4.74 Å². The van der Waals surface area contributed by atoms with Gasteiger partial charge < -0.3 is 4.74 Å². The number of piperazine rings is 1. The number of ether oxygens (including phenoxy) is 1. The van der Waals surface area contributed by atoms with Gasteiger partial charge in [0.2, 0.25) is 10.0 Å². The van der Waals surface area contributed by atoms with Crippen LogP contribution >= 0.6 is 11.7 Å². The second-order valence-electron chi connectivity index (χ2n) is 6.62. The quantitative estimate of drug-likeness (QED) is 0.590. The number of fused-ring (bicyclic) bond motifs is 1. The van der Waals surface area contributed by atoms with Gasteiger partial charge in [-0.3, -0.25) is 4.90 Å². The number of benzene rings is 2. The van der Waals surface area contributed by atoms with Crippen molar-refractivity contribution in [1.82, 2.24) is 18.0 Å². The Hall–Kier alpha value is -2.58. The summed E-state index contributed by atoms with van der Waals surface area (Å²) in [5.41, 5.74) is 1.64. The molecule has 0 saturated carbocycles. The first kappa shape index (κ1) is 19.7. The largest absolute Gasteiger partial charge is 0.492 e. The van der Waals surface area contributed by atoms with E-state index in [-0.39, 0.29) is 4.90 Å². The molecule has 1 fully saturated rings. The van der Waals surface area contributed by atoms with Crippen LogP contribution in [0.3, 0.4) is 0 Å². The summed E-state index contributed by atoms with van der Waals surface area (Å²) in [5.74, 6) is 0.718. The lowest BCUT2D eigenvalue weighted by atomic mass is 10.2. The number of rotatable bonds is 6. The van der Waals surface area contributed by atoms with Crippen LogP contribution in [0.2, 0.25) is 0 Å². The van der Waals surface area contributed by atoms with Crippen LogP contribution in [0.5, 0.6) is 5.75 Å². The number of nitrogens with zero attached hydrogens (tertiary/aromatic N) is 5. The predicted octanol–water partition coefficient (Wildman–Crippen LogP) is 1.95. The summed E-state index contributed by atoms with van der Waals surface area (Å²) < 4.78 is 41.6. The summed E-state index contributed by atoms with van der Waals surface area (Å²) in [6.07, 6.45) is 0. The van der Waals surface area contributed by atoms with E-state index in [1.807, 2.05) is 0 Å². The Labute approximate surface area is 173 Å². The lowest BCUT2D eigenvalue weighted by Crippen LogP contribution is -2.49. The topological polar surface area (TPSA) is 99.4 Å². The Morgan fingerprint density at radius 3 is 2.55 bits per heavy atom. The van der Waals surface area contributed by atoms with Crippen molar-refractivity contribution in [2.24, 2.45) is 0 Å². The van der Waals surface area contributed by atoms with Gasteiger partial charge in [0.1, 0.15) is 28.3 Å². The Kier molecular flexibility index (Phi) is 5.73. The van der Waals surface area contributed by atoms with Crippen LogP contribution in [0, 0.1) is 11.3 Å². The van der Waals surface area contributed by atoms with Crippen molar-refractivity contribution in [2.75, 3.05) is 39.3 Å². The summed E-state index contributed by atoms with van der Waals surface area (Å²) in [5, 5.41) is 8.82. The van der Waals surface area contributed by atoms with E-state index in [4.69, 9.17) is 10.00 Å². The van der Waals surface area contributed by atoms with E-state index in [0.29, 0.717) is 55.9 Å². The lowest BCUT2D eigenvalue weighted by molar-refractivity contribution is 0.159. The molecule has 0 spiro atoms. The van der Waals surface area contributed by atoms with E-state index < -0.39 is 10.0 Å². The van der Waals surface area contributed by atoms with Crippen molar-refractivity contribution < 1.29 is 13.2 Å². The molecule has 3 aromatic rings. The maximum Gasteiger partial charge on any atom is 0.245 e. The summed E-state index contributed by atoms with van der Waals surface area (Å²) in [6, 6.07) is 14.1. The van der Waals surface area contributed by atoms with Crippen LogP contribution in [0.15, 0.2) is 47.4 Å². The molecular weight excluding hydrogens is 410 g/mol. The Morgan fingerprint density at radius 1 is 1.07 bits per heavy atom. The fourth-order valence-corrected chi connectivity index (χ4v) is 5.42. The van der Waals surface area contributed by atoms with Crippen LogP contribution in [0.1, 0.15) is 5.56 Å². The third kappa shape index (κ3) is 4.23. The van der Waals surface area contributed by atoms with Gasteiger partial charge in [-0.25, -0.2) is 8.42 Å². The number of aromatic nitrogens is 2. The predicted molar refractivity (Wildman–Crippen MR) is 109 cm³/mol. The summed E-state index contributed by atoms with van der Waals surface area (Å²) in [6.45, 7) is 3.34. The van der Waals surface area contributed by atoms with Gasteiger partial charge >= 0.3 is 0 Å². The fourth-order valence-electron chi connectivity index (χ4n) is 3.24. The highest BCUT2D eigenvalue weighted by molar-refractivity contribution is 7.89. The maximum absolute atomic E-state index is 13.1. The fraction of sp³-hybridized carbons (Fsp3) is 0.316. The molecule has 10 heteroatoms. The molecule has 0 radical (unpaired) electrons. The molecule has 8 nitrogen and oxygen atoms in total. The molecule has 2 aromatic carbocycles. The van der Waals surface area contributed by atoms with Crippen LogP contribution in [-0.4, -0.2) is 65.7 Å². The molecule has 150 valence electrons. The SMILES string of the molecule is N#Cc1ccc(OCCN2CCN(S(=O)(=O)c3cccc4nsnc34)CC2)cc1. The van der Waals surface area contributed by atoms with Gasteiger partial charge in [-0.15, -0.1) is 0 Å². The molecule has 0 atom stereocenters. The zero-order valence-electron chi connectivity index (χ0n) is 15.6.